The summed E-state index contributed by atoms with van der Waals surface area (Å²) in [6.07, 6.45) is 4.63. The Morgan fingerprint density at radius 3 is 2.79 bits per heavy atom. The molecule has 19 heavy (non-hydrogen) atoms. The van der Waals surface area contributed by atoms with Crippen LogP contribution in [0.4, 0.5) is 0 Å². The molecule has 1 saturated carbocycles. The Kier molecular flexibility index (Phi) is 4.89. The number of hydrogen-bond acceptors (Lipinski definition) is 5. The Morgan fingerprint density at radius 2 is 2.26 bits per heavy atom. The van der Waals surface area contributed by atoms with Gasteiger partial charge >= 0.3 is 0 Å². The molecule has 1 fully saturated rings. The number of thiophene rings is 1. The van der Waals surface area contributed by atoms with E-state index in [9.17, 15) is 8.42 Å². The monoisotopic (exact) mass is 322 g/mol. The molecule has 1 aliphatic rings. The molecule has 3 N–H and O–H groups in total. The van der Waals surface area contributed by atoms with E-state index in [2.05, 4.69) is 5.43 Å². The lowest BCUT2D eigenvalue weighted by Crippen LogP contribution is -2.38. The molecule has 3 unspecified atom stereocenters. The van der Waals surface area contributed by atoms with Crippen LogP contribution < -0.4 is 11.3 Å². The highest BCUT2D eigenvalue weighted by molar-refractivity contribution is 7.91. The summed E-state index contributed by atoms with van der Waals surface area (Å²) in [6.45, 7) is 0. The fourth-order valence-corrected chi connectivity index (χ4v) is 5.34. The molecule has 2 rings (SSSR count). The topological polar surface area (TPSA) is 72.2 Å². The Hall–Kier alpha value is -0.140. The number of nitrogens with one attached hydrogen (secondary N) is 1. The van der Waals surface area contributed by atoms with Gasteiger partial charge in [-0.3, -0.25) is 11.3 Å². The van der Waals surface area contributed by atoms with Crippen LogP contribution in [0, 0.1) is 5.92 Å². The molecule has 0 aromatic carbocycles. The summed E-state index contributed by atoms with van der Waals surface area (Å²) in [7, 11) is -2.98. The van der Waals surface area contributed by atoms with Gasteiger partial charge < -0.3 is 0 Å². The first kappa shape index (κ1) is 15.3. The van der Waals surface area contributed by atoms with Crippen molar-refractivity contribution in [2.24, 2.45) is 11.8 Å². The average Bonchev–Trinajstić information content (AvgIpc) is 2.76. The summed E-state index contributed by atoms with van der Waals surface area (Å²) < 4.78 is 23.4. The molecule has 1 aliphatic carbocycles. The van der Waals surface area contributed by atoms with Gasteiger partial charge in [-0.05, 0) is 36.6 Å². The van der Waals surface area contributed by atoms with Gasteiger partial charge in [-0.1, -0.05) is 18.0 Å². The quantitative estimate of drug-likeness (QED) is 0.660. The minimum Gasteiger partial charge on any atom is -0.271 e. The SMILES string of the molecule is CS(=O)(=O)C1CCCC(C(NN)c2sccc2Cl)C1. The van der Waals surface area contributed by atoms with E-state index in [4.69, 9.17) is 17.4 Å². The van der Waals surface area contributed by atoms with Crippen molar-refractivity contribution >= 4 is 32.8 Å². The minimum absolute atomic E-state index is 0.0583. The van der Waals surface area contributed by atoms with Gasteiger partial charge in [0, 0.05) is 11.1 Å². The number of sulfone groups is 1. The van der Waals surface area contributed by atoms with Gasteiger partial charge in [-0.25, -0.2) is 8.42 Å². The Morgan fingerprint density at radius 1 is 1.53 bits per heavy atom. The van der Waals surface area contributed by atoms with Gasteiger partial charge in [0.25, 0.3) is 0 Å². The van der Waals surface area contributed by atoms with Crippen LogP contribution in [-0.2, 0) is 9.84 Å². The average molecular weight is 323 g/mol. The molecule has 0 amide bonds. The second kappa shape index (κ2) is 6.10. The number of hydrogen-bond donors (Lipinski definition) is 2. The van der Waals surface area contributed by atoms with Gasteiger partial charge in [0.05, 0.1) is 16.3 Å². The van der Waals surface area contributed by atoms with E-state index in [1.54, 1.807) is 11.3 Å². The summed E-state index contributed by atoms with van der Waals surface area (Å²) in [5.74, 6) is 5.88. The summed E-state index contributed by atoms with van der Waals surface area (Å²) >= 11 is 7.72. The van der Waals surface area contributed by atoms with Crippen LogP contribution in [-0.4, -0.2) is 19.9 Å². The second-order valence-electron chi connectivity index (χ2n) is 5.16. The normalized spacial score (nSPS) is 26.3. The Balaban J connectivity index is 2.18. The van der Waals surface area contributed by atoms with E-state index in [0.717, 1.165) is 24.1 Å². The number of hydrazine groups is 1. The maximum Gasteiger partial charge on any atom is 0.150 e. The summed E-state index contributed by atoms with van der Waals surface area (Å²) in [6, 6.07) is 1.79. The smallest absolute Gasteiger partial charge is 0.150 e. The van der Waals surface area contributed by atoms with E-state index in [1.165, 1.54) is 6.26 Å². The third-order valence-corrected chi connectivity index (χ3v) is 6.93. The van der Waals surface area contributed by atoms with Gasteiger partial charge in [-0.15, -0.1) is 11.3 Å². The first-order valence-electron chi connectivity index (χ1n) is 6.31. The van der Waals surface area contributed by atoms with Crippen molar-refractivity contribution in [3.63, 3.8) is 0 Å². The summed E-state index contributed by atoms with van der Waals surface area (Å²) in [4.78, 5) is 1.00. The fourth-order valence-electron chi connectivity index (χ4n) is 2.83. The lowest BCUT2D eigenvalue weighted by molar-refractivity contribution is 0.277. The molecule has 0 radical (unpaired) electrons. The van der Waals surface area contributed by atoms with E-state index < -0.39 is 9.84 Å². The van der Waals surface area contributed by atoms with Crippen LogP contribution in [0.3, 0.4) is 0 Å². The molecule has 108 valence electrons. The van der Waals surface area contributed by atoms with Crippen molar-refractivity contribution in [3.05, 3.63) is 21.3 Å². The van der Waals surface area contributed by atoms with Crippen molar-refractivity contribution < 1.29 is 8.42 Å². The Bertz CT molecular complexity index is 530. The molecule has 1 aromatic rings. The molecule has 7 heteroatoms. The van der Waals surface area contributed by atoms with Crippen molar-refractivity contribution in [1.29, 1.82) is 0 Å². The predicted molar refractivity (Wildman–Crippen MR) is 80.0 cm³/mol. The van der Waals surface area contributed by atoms with E-state index in [1.807, 2.05) is 11.4 Å². The van der Waals surface area contributed by atoms with Crippen LogP contribution in [0.25, 0.3) is 0 Å². The van der Waals surface area contributed by atoms with Crippen LogP contribution in [0.15, 0.2) is 11.4 Å². The zero-order valence-electron chi connectivity index (χ0n) is 10.8. The summed E-state index contributed by atoms with van der Waals surface area (Å²) in [5, 5.41) is 2.38. The van der Waals surface area contributed by atoms with Gasteiger partial charge in [0.2, 0.25) is 0 Å². The van der Waals surface area contributed by atoms with Crippen LogP contribution in [0.1, 0.15) is 36.6 Å². The lowest BCUT2D eigenvalue weighted by atomic mass is 9.83. The molecule has 0 saturated heterocycles. The molecule has 3 atom stereocenters. The second-order valence-corrected chi connectivity index (χ2v) is 8.84. The molecule has 0 aliphatic heterocycles. The van der Waals surface area contributed by atoms with Crippen molar-refractivity contribution in [1.82, 2.24) is 5.43 Å². The largest absolute Gasteiger partial charge is 0.271 e. The predicted octanol–water partition coefficient (Wildman–Crippen LogP) is 2.51. The van der Waals surface area contributed by atoms with Crippen molar-refractivity contribution in [2.75, 3.05) is 6.26 Å². The maximum atomic E-state index is 11.7. The molecule has 0 bridgehead atoms. The third-order valence-electron chi connectivity index (χ3n) is 3.85. The zero-order valence-corrected chi connectivity index (χ0v) is 13.2. The number of nitrogens with two attached hydrogens (primary N) is 1. The van der Waals surface area contributed by atoms with Crippen LogP contribution in [0.2, 0.25) is 5.02 Å². The van der Waals surface area contributed by atoms with E-state index in [0.29, 0.717) is 11.4 Å². The molecule has 1 heterocycles. The highest BCUT2D eigenvalue weighted by Crippen LogP contribution is 2.40. The molecule has 1 aromatic heterocycles. The zero-order chi connectivity index (χ0) is 14.0. The lowest BCUT2D eigenvalue weighted by Gasteiger charge is -2.33. The van der Waals surface area contributed by atoms with Gasteiger partial charge in [0.15, 0.2) is 0 Å². The van der Waals surface area contributed by atoms with Crippen molar-refractivity contribution in [2.45, 2.75) is 37.0 Å². The third kappa shape index (κ3) is 3.49. The first-order chi connectivity index (χ1) is 8.93. The van der Waals surface area contributed by atoms with Gasteiger partial charge in [0.1, 0.15) is 9.84 Å². The fraction of sp³-hybridized carbons (Fsp3) is 0.667. The molecule has 4 nitrogen and oxygen atoms in total. The van der Waals surface area contributed by atoms with Gasteiger partial charge in [-0.2, -0.15) is 0 Å². The highest BCUT2D eigenvalue weighted by atomic mass is 35.5. The van der Waals surface area contributed by atoms with Crippen molar-refractivity contribution in [3.8, 4) is 0 Å². The molecular weight excluding hydrogens is 304 g/mol. The van der Waals surface area contributed by atoms with Crippen LogP contribution in [0.5, 0.6) is 0 Å². The summed E-state index contributed by atoms with van der Waals surface area (Å²) in [5.41, 5.74) is 2.82. The maximum absolute atomic E-state index is 11.7. The first-order valence-corrected chi connectivity index (χ1v) is 9.52. The van der Waals surface area contributed by atoms with E-state index >= 15 is 0 Å². The number of halogens is 1. The van der Waals surface area contributed by atoms with E-state index in [-0.39, 0.29) is 17.2 Å². The Labute approximate surface area is 123 Å². The minimum atomic E-state index is -2.98. The number of rotatable bonds is 4. The highest BCUT2D eigenvalue weighted by Gasteiger charge is 2.34. The molecule has 0 spiro atoms. The standard InChI is InChI=1S/C12H19ClN2O2S2/c1-19(16,17)9-4-2-3-8(7-9)11(15-14)12-10(13)5-6-18-12/h5-6,8-9,11,15H,2-4,7,14H2,1H3. The van der Waals surface area contributed by atoms with Crippen LogP contribution >= 0.6 is 22.9 Å². The molecular formula is C12H19ClN2O2S2.